The average Bonchev–Trinajstić information content (AvgIpc) is 2.49. The lowest BCUT2D eigenvalue weighted by atomic mass is 10.2. The molecule has 6 heteroatoms. The quantitative estimate of drug-likeness (QED) is 0.929. The first kappa shape index (κ1) is 13.9. The molecule has 0 aromatic carbocycles. The molecule has 2 rings (SSSR count). The van der Waals surface area contributed by atoms with Gasteiger partial charge in [-0.25, -0.2) is 9.37 Å². The summed E-state index contributed by atoms with van der Waals surface area (Å²) in [7, 11) is 1.58. The van der Waals surface area contributed by atoms with E-state index in [4.69, 9.17) is 0 Å². The van der Waals surface area contributed by atoms with E-state index in [1.54, 1.807) is 31.6 Å². The number of hydrogen-bond donors (Lipinski definition) is 1. The number of halogens is 1. The Kier molecular flexibility index (Phi) is 4.24. The molecule has 0 aliphatic heterocycles. The number of carbonyl (C=O) groups excluding carboxylic acids is 1. The van der Waals surface area contributed by atoms with Crippen molar-refractivity contribution in [1.82, 2.24) is 9.97 Å². The van der Waals surface area contributed by atoms with Crippen LogP contribution in [0.4, 0.5) is 15.9 Å². The van der Waals surface area contributed by atoms with Gasteiger partial charge in [0.15, 0.2) is 11.6 Å². The lowest BCUT2D eigenvalue weighted by Crippen LogP contribution is -2.27. The largest absolute Gasteiger partial charge is 0.368 e. The van der Waals surface area contributed by atoms with Gasteiger partial charge in [0.2, 0.25) is 0 Å². The second-order valence-corrected chi connectivity index (χ2v) is 4.13. The fraction of sp³-hybridized carbons (Fsp3) is 0.214. The fourth-order valence-corrected chi connectivity index (χ4v) is 1.75. The first-order valence-corrected chi connectivity index (χ1v) is 6.21. The average molecular weight is 274 g/mol. The van der Waals surface area contributed by atoms with E-state index < -0.39 is 11.7 Å². The van der Waals surface area contributed by atoms with Gasteiger partial charge in [-0.1, -0.05) is 0 Å². The van der Waals surface area contributed by atoms with E-state index in [1.165, 1.54) is 17.2 Å². The number of rotatable bonds is 4. The van der Waals surface area contributed by atoms with Gasteiger partial charge in [-0.3, -0.25) is 9.78 Å². The zero-order valence-electron chi connectivity index (χ0n) is 11.3. The molecular formula is C14H15FN4O. The van der Waals surface area contributed by atoms with Crippen LogP contribution in [0.15, 0.2) is 36.8 Å². The third-order valence-corrected chi connectivity index (χ3v) is 2.80. The molecular weight excluding hydrogens is 259 g/mol. The molecule has 0 radical (unpaired) electrons. The maximum Gasteiger partial charge on any atom is 0.261 e. The van der Waals surface area contributed by atoms with Crippen molar-refractivity contribution < 1.29 is 9.18 Å². The highest BCUT2D eigenvalue weighted by Crippen LogP contribution is 2.19. The zero-order chi connectivity index (χ0) is 14.5. The number of nitrogens with zero attached hydrogens (tertiary/aromatic N) is 3. The number of nitrogens with one attached hydrogen (secondary N) is 1. The van der Waals surface area contributed by atoms with Gasteiger partial charge < -0.3 is 10.2 Å². The number of carbonyl (C=O) groups is 1. The monoisotopic (exact) mass is 274 g/mol. The molecule has 0 aliphatic rings. The molecule has 0 unspecified atom stereocenters. The van der Waals surface area contributed by atoms with Crippen LogP contribution < -0.4 is 10.2 Å². The van der Waals surface area contributed by atoms with Crippen molar-refractivity contribution in [1.29, 1.82) is 0 Å². The Balaban J connectivity index is 2.32. The van der Waals surface area contributed by atoms with Crippen molar-refractivity contribution in [2.24, 2.45) is 0 Å². The Morgan fingerprint density at radius 3 is 2.85 bits per heavy atom. The fourth-order valence-electron chi connectivity index (χ4n) is 1.75. The minimum absolute atomic E-state index is 0.0256. The summed E-state index contributed by atoms with van der Waals surface area (Å²) in [5.41, 5.74) is 0.570. The summed E-state index contributed by atoms with van der Waals surface area (Å²) in [6.45, 7) is 2.36. The van der Waals surface area contributed by atoms with Crippen LogP contribution >= 0.6 is 0 Å². The highest BCUT2D eigenvalue weighted by atomic mass is 19.1. The van der Waals surface area contributed by atoms with Gasteiger partial charge in [-0.2, -0.15) is 0 Å². The van der Waals surface area contributed by atoms with E-state index in [1.807, 2.05) is 6.92 Å². The third kappa shape index (κ3) is 2.74. The van der Waals surface area contributed by atoms with Crippen LogP contribution in [0, 0.1) is 5.82 Å². The molecule has 5 nitrogen and oxygen atoms in total. The molecule has 0 saturated carbocycles. The summed E-state index contributed by atoms with van der Waals surface area (Å²) in [5, 5.41) is 2.78. The maximum absolute atomic E-state index is 14.2. The SMILES string of the molecule is CCNc1nccc(C(=O)N(C)c2cccnc2)c1F. The lowest BCUT2D eigenvalue weighted by molar-refractivity contribution is 0.0989. The standard InChI is InChI=1S/C14H15FN4O/c1-3-17-13-12(15)11(6-8-18-13)14(20)19(2)10-5-4-7-16-9-10/h4-9H,3H2,1-2H3,(H,17,18). The van der Waals surface area contributed by atoms with Crippen LogP contribution in [0.25, 0.3) is 0 Å². The van der Waals surface area contributed by atoms with E-state index >= 15 is 0 Å². The number of aromatic nitrogens is 2. The number of hydrogen-bond acceptors (Lipinski definition) is 4. The molecule has 20 heavy (non-hydrogen) atoms. The summed E-state index contributed by atoms with van der Waals surface area (Å²) in [6, 6.07) is 4.81. The Hall–Kier alpha value is -2.50. The van der Waals surface area contributed by atoms with Crippen molar-refractivity contribution in [3.05, 3.63) is 48.2 Å². The molecule has 2 heterocycles. The van der Waals surface area contributed by atoms with Crippen molar-refractivity contribution in [2.75, 3.05) is 23.8 Å². The van der Waals surface area contributed by atoms with E-state index in [9.17, 15) is 9.18 Å². The molecule has 0 saturated heterocycles. The van der Waals surface area contributed by atoms with Crippen LogP contribution in [-0.4, -0.2) is 29.5 Å². The van der Waals surface area contributed by atoms with Gasteiger partial charge in [0, 0.05) is 26.0 Å². The first-order chi connectivity index (χ1) is 9.65. The predicted molar refractivity (Wildman–Crippen MR) is 75.3 cm³/mol. The summed E-state index contributed by atoms with van der Waals surface area (Å²) in [4.78, 5) is 21.5. The van der Waals surface area contributed by atoms with Gasteiger partial charge >= 0.3 is 0 Å². The van der Waals surface area contributed by atoms with Crippen molar-refractivity contribution in [3.63, 3.8) is 0 Å². The highest BCUT2D eigenvalue weighted by Gasteiger charge is 2.20. The second kappa shape index (κ2) is 6.10. The molecule has 2 aromatic heterocycles. The molecule has 1 N–H and O–H groups in total. The smallest absolute Gasteiger partial charge is 0.261 e. The van der Waals surface area contributed by atoms with E-state index in [0.29, 0.717) is 12.2 Å². The van der Waals surface area contributed by atoms with Crippen LogP contribution in [-0.2, 0) is 0 Å². The van der Waals surface area contributed by atoms with Gasteiger partial charge in [-0.05, 0) is 25.1 Å². The van der Waals surface area contributed by atoms with Crippen LogP contribution in [0.2, 0.25) is 0 Å². The topological polar surface area (TPSA) is 58.1 Å². The van der Waals surface area contributed by atoms with Gasteiger partial charge in [0.05, 0.1) is 17.4 Å². The van der Waals surface area contributed by atoms with Crippen molar-refractivity contribution >= 4 is 17.4 Å². The van der Waals surface area contributed by atoms with Crippen LogP contribution in [0.5, 0.6) is 0 Å². The van der Waals surface area contributed by atoms with Gasteiger partial charge in [-0.15, -0.1) is 0 Å². The van der Waals surface area contributed by atoms with E-state index in [-0.39, 0.29) is 11.4 Å². The minimum atomic E-state index is -0.643. The number of anilines is 2. The molecule has 0 spiro atoms. The van der Waals surface area contributed by atoms with E-state index in [2.05, 4.69) is 15.3 Å². The van der Waals surface area contributed by atoms with Crippen molar-refractivity contribution in [2.45, 2.75) is 6.92 Å². The molecule has 0 atom stereocenters. The summed E-state index contributed by atoms with van der Waals surface area (Å²) >= 11 is 0. The normalized spacial score (nSPS) is 10.2. The zero-order valence-corrected chi connectivity index (χ0v) is 11.3. The minimum Gasteiger partial charge on any atom is -0.368 e. The number of amides is 1. The Bertz CT molecular complexity index is 603. The Morgan fingerprint density at radius 1 is 1.40 bits per heavy atom. The van der Waals surface area contributed by atoms with Gasteiger partial charge in [0.1, 0.15) is 0 Å². The molecule has 2 aromatic rings. The third-order valence-electron chi connectivity index (χ3n) is 2.80. The van der Waals surface area contributed by atoms with Gasteiger partial charge in [0.25, 0.3) is 5.91 Å². The lowest BCUT2D eigenvalue weighted by Gasteiger charge is -2.17. The Morgan fingerprint density at radius 2 is 2.20 bits per heavy atom. The van der Waals surface area contributed by atoms with E-state index in [0.717, 1.165) is 0 Å². The van der Waals surface area contributed by atoms with Crippen LogP contribution in [0.1, 0.15) is 17.3 Å². The Labute approximate surface area is 116 Å². The molecule has 1 amide bonds. The molecule has 104 valence electrons. The summed E-state index contributed by atoms with van der Waals surface area (Å²) in [5.74, 6) is -1.01. The highest BCUT2D eigenvalue weighted by molar-refractivity contribution is 6.06. The van der Waals surface area contributed by atoms with Crippen molar-refractivity contribution in [3.8, 4) is 0 Å². The molecule has 0 aliphatic carbocycles. The predicted octanol–water partition coefficient (Wildman–Crippen LogP) is 2.32. The second-order valence-electron chi connectivity index (χ2n) is 4.13. The molecule has 0 fully saturated rings. The van der Waals surface area contributed by atoms with Crippen LogP contribution in [0.3, 0.4) is 0 Å². The first-order valence-electron chi connectivity index (χ1n) is 6.21. The maximum atomic E-state index is 14.2. The molecule has 0 bridgehead atoms. The summed E-state index contributed by atoms with van der Waals surface area (Å²) in [6.07, 6.45) is 4.56. The summed E-state index contributed by atoms with van der Waals surface area (Å²) < 4.78 is 14.2. The number of pyridine rings is 2.